The van der Waals surface area contributed by atoms with E-state index in [0.29, 0.717) is 11.3 Å². The van der Waals surface area contributed by atoms with Crippen LogP contribution in [0.2, 0.25) is 0 Å². The summed E-state index contributed by atoms with van der Waals surface area (Å²) >= 11 is 0. The van der Waals surface area contributed by atoms with E-state index in [0.717, 1.165) is 13.1 Å². The molecule has 0 saturated heterocycles. The SMILES string of the molecule is CCCCCNCC(C)Oc1ccc(C)c(F)c1. The molecule has 0 fully saturated rings. The Hall–Kier alpha value is -1.09. The summed E-state index contributed by atoms with van der Waals surface area (Å²) in [4.78, 5) is 0. The van der Waals surface area contributed by atoms with E-state index in [1.54, 1.807) is 13.0 Å². The fraction of sp³-hybridized carbons (Fsp3) is 0.600. The number of aryl methyl sites for hydroxylation is 1. The average molecular weight is 253 g/mol. The van der Waals surface area contributed by atoms with Crippen molar-refractivity contribution in [2.24, 2.45) is 0 Å². The van der Waals surface area contributed by atoms with Gasteiger partial charge in [-0.15, -0.1) is 0 Å². The van der Waals surface area contributed by atoms with Crippen molar-refractivity contribution in [3.05, 3.63) is 29.6 Å². The lowest BCUT2D eigenvalue weighted by atomic mass is 10.2. The Kier molecular flexibility index (Phi) is 6.73. The van der Waals surface area contributed by atoms with Crippen molar-refractivity contribution in [3.63, 3.8) is 0 Å². The summed E-state index contributed by atoms with van der Waals surface area (Å²) in [6.07, 6.45) is 3.73. The Labute approximate surface area is 110 Å². The van der Waals surface area contributed by atoms with Crippen LogP contribution in [0, 0.1) is 12.7 Å². The molecule has 1 rings (SSSR count). The van der Waals surface area contributed by atoms with E-state index >= 15 is 0 Å². The van der Waals surface area contributed by atoms with Crippen molar-refractivity contribution in [1.82, 2.24) is 5.32 Å². The highest BCUT2D eigenvalue weighted by molar-refractivity contribution is 5.28. The number of hydrogen-bond donors (Lipinski definition) is 1. The molecule has 1 aromatic rings. The zero-order chi connectivity index (χ0) is 13.4. The highest BCUT2D eigenvalue weighted by Gasteiger charge is 2.05. The summed E-state index contributed by atoms with van der Waals surface area (Å²) in [5.74, 6) is 0.386. The Balaban J connectivity index is 2.26. The van der Waals surface area contributed by atoms with Gasteiger partial charge in [0.05, 0.1) is 0 Å². The lowest BCUT2D eigenvalue weighted by molar-refractivity contribution is 0.216. The van der Waals surface area contributed by atoms with Gasteiger partial charge in [0.15, 0.2) is 0 Å². The molecular weight excluding hydrogens is 229 g/mol. The van der Waals surface area contributed by atoms with Crippen molar-refractivity contribution in [1.29, 1.82) is 0 Å². The van der Waals surface area contributed by atoms with Crippen molar-refractivity contribution in [2.45, 2.75) is 46.1 Å². The first-order valence-corrected chi connectivity index (χ1v) is 6.77. The first-order chi connectivity index (χ1) is 8.63. The second-order valence-electron chi connectivity index (χ2n) is 4.75. The maximum Gasteiger partial charge on any atom is 0.129 e. The minimum atomic E-state index is -0.212. The van der Waals surface area contributed by atoms with Crippen molar-refractivity contribution < 1.29 is 9.13 Å². The molecule has 3 heteroatoms. The van der Waals surface area contributed by atoms with Crippen LogP contribution in [0.3, 0.4) is 0 Å². The summed E-state index contributed by atoms with van der Waals surface area (Å²) in [6.45, 7) is 7.74. The van der Waals surface area contributed by atoms with Gasteiger partial charge in [-0.05, 0) is 38.4 Å². The normalized spacial score (nSPS) is 12.4. The smallest absolute Gasteiger partial charge is 0.129 e. The molecule has 1 aromatic carbocycles. The Bertz CT molecular complexity index is 354. The molecule has 1 unspecified atom stereocenters. The van der Waals surface area contributed by atoms with Crippen molar-refractivity contribution >= 4 is 0 Å². The number of unbranched alkanes of at least 4 members (excludes halogenated alkanes) is 2. The minimum Gasteiger partial charge on any atom is -0.489 e. The van der Waals surface area contributed by atoms with Gasteiger partial charge in [0.25, 0.3) is 0 Å². The fourth-order valence-corrected chi connectivity index (χ4v) is 1.73. The predicted molar refractivity (Wildman–Crippen MR) is 73.6 cm³/mol. The predicted octanol–water partition coefficient (Wildman–Crippen LogP) is 3.68. The number of nitrogens with one attached hydrogen (secondary N) is 1. The quantitative estimate of drug-likeness (QED) is 0.714. The molecule has 1 N–H and O–H groups in total. The zero-order valence-electron chi connectivity index (χ0n) is 11.6. The molecule has 102 valence electrons. The number of rotatable bonds is 8. The monoisotopic (exact) mass is 253 g/mol. The standard InChI is InChI=1S/C15H24FNO/c1-4-5-6-9-17-11-13(3)18-14-8-7-12(2)15(16)10-14/h7-8,10,13,17H,4-6,9,11H2,1-3H3. The summed E-state index contributed by atoms with van der Waals surface area (Å²) in [7, 11) is 0. The third kappa shape index (κ3) is 5.50. The molecule has 18 heavy (non-hydrogen) atoms. The van der Waals surface area contributed by atoms with Crippen LogP contribution >= 0.6 is 0 Å². The van der Waals surface area contributed by atoms with Gasteiger partial charge in [-0.2, -0.15) is 0 Å². The van der Waals surface area contributed by atoms with Gasteiger partial charge in [-0.1, -0.05) is 25.8 Å². The highest BCUT2D eigenvalue weighted by Crippen LogP contribution is 2.16. The maximum atomic E-state index is 13.3. The van der Waals surface area contributed by atoms with E-state index in [-0.39, 0.29) is 11.9 Å². The van der Waals surface area contributed by atoms with Crippen LogP contribution in [0.15, 0.2) is 18.2 Å². The van der Waals surface area contributed by atoms with Gasteiger partial charge in [0.2, 0.25) is 0 Å². The minimum absolute atomic E-state index is 0.0498. The zero-order valence-corrected chi connectivity index (χ0v) is 11.6. The first-order valence-electron chi connectivity index (χ1n) is 6.77. The van der Waals surface area contributed by atoms with Crippen LogP contribution in [0.1, 0.15) is 38.7 Å². The van der Waals surface area contributed by atoms with Crippen molar-refractivity contribution in [2.75, 3.05) is 13.1 Å². The summed E-state index contributed by atoms with van der Waals surface area (Å²) < 4.78 is 19.0. The van der Waals surface area contributed by atoms with E-state index in [4.69, 9.17) is 4.74 Å². The molecule has 0 radical (unpaired) electrons. The van der Waals surface area contributed by atoms with Gasteiger partial charge in [-0.3, -0.25) is 0 Å². The third-order valence-electron chi connectivity index (χ3n) is 2.87. The molecule has 0 spiro atoms. The van der Waals surface area contributed by atoms with Crippen LogP contribution in [-0.4, -0.2) is 19.2 Å². The van der Waals surface area contributed by atoms with E-state index in [1.165, 1.54) is 25.3 Å². The van der Waals surface area contributed by atoms with Gasteiger partial charge in [-0.25, -0.2) is 4.39 Å². The molecule has 1 atom stereocenters. The fourth-order valence-electron chi connectivity index (χ4n) is 1.73. The molecular formula is C15H24FNO. The van der Waals surface area contributed by atoms with Crippen LogP contribution in [0.5, 0.6) is 5.75 Å². The van der Waals surface area contributed by atoms with Gasteiger partial charge < -0.3 is 10.1 Å². The summed E-state index contributed by atoms with van der Waals surface area (Å²) in [6, 6.07) is 5.00. The van der Waals surface area contributed by atoms with Crippen LogP contribution in [0.4, 0.5) is 4.39 Å². The molecule has 0 bridgehead atoms. The van der Waals surface area contributed by atoms with E-state index in [2.05, 4.69) is 12.2 Å². The number of hydrogen-bond acceptors (Lipinski definition) is 2. The molecule has 0 amide bonds. The van der Waals surface area contributed by atoms with Crippen LogP contribution in [-0.2, 0) is 0 Å². The lowest BCUT2D eigenvalue weighted by Crippen LogP contribution is -2.29. The van der Waals surface area contributed by atoms with Crippen LogP contribution in [0.25, 0.3) is 0 Å². The molecule has 0 saturated carbocycles. The van der Waals surface area contributed by atoms with E-state index in [9.17, 15) is 4.39 Å². The number of ether oxygens (including phenoxy) is 1. The van der Waals surface area contributed by atoms with E-state index in [1.807, 2.05) is 13.0 Å². The Morgan fingerprint density at radius 3 is 2.78 bits per heavy atom. The van der Waals surface area contributed by atoms with Gasteiger partial charge in [0.1, 0.15) is 17.7 Å². The third-order valence-corrected chi connectivity index (χ3v) is 2.87. The highest BCUT2D eigenvalue weighted by atomic mass is 19.1. The van der Waals surface area contributed by atoms with Crippen LogP contribution < -0.4 is 10.1 Å². The molecule has 0 heterocycles. The first kappa shape index (κ1) is 15.0. The Morgan fingerprint density at radius 2 is 2.11 bits per heavy atom. The second-order valence-corrected chi connectivity index (χ2v) is 4.75. The molecule has 0 aliphatic carbocycles. The molecule has 0 aliphatic rings. The molecule has 2 nitrogen and oxygen atoms in total. The molecule has 0 aromatic heterocycles. The average Bonchev–Trinajstić information content (AvgIpc) is 2.34. The number of benzene rings is 1. The van der Waals surface area contributed by atoms with Gasteiger partial charge in [0, 0.05) is 12.6 Å². The topological polar surface area (TPSA) is 21.3 Å². The number of halogens is 1. The largest absolute Gasteiger partial charge is 0.489 e. The lowest BCUT2D eigenvalue weighted by Gasteiger charge is -2.15. The van der Waals surface area contributed by atoms with Gasteiger partial charge >= 0.3 is 0 Å². The second kappa shape index (κ2) is 8.09. The summed E-state index contributed by atoms with van der Waals surface area (Å²) in [5.41, 5.74) is 0.646. The van der Waals surface area contributed by atoms with Crippen molar-refractivity contribution in [3.8, 4) is 5.75 Å². The molecule has 0 aliphatic heterocycles. The maximum absolute atomic E-state index is 13.3. The Morgan fingerprint density at radius 1 is 1.33 bits per heavy atom. The van der Waals surface area contributed by atoms with E-state index < -0.39 is 0 Å². The summed E-state index contributed by atoms with van der Waals surface area (Å²) in [5, 5.41) is 3.35.